The van der Waals surface area contributed by atoms with Gasteiger partial charge in [-0.3, -0.25) is 0 Å². The van der Waals surface area contributed by atoms with Crippen molar-refractivity contribution in [1.29, 1.82) is 5.41 Å². The van der Waals surface area contributed by atoms with Crippen molar-refractivity contribution in [2.75, 3.05) is 0 Å². The van der Waals surface area contributed by atoms with Crippen LogP contribution in [0.2, 0.25) is 0 Å². The van der Waals surface area contributed by atoms with Crippen molar-refractivity contribution >= 4 is 17.9 Å². The average Bonchev–Trinajstić information content (AvgIpc) is 2.34. The Labute approximate surface area is 63.9 Å². The van der Waals surface area contributed by atoms with Gasteiger partial charge in [-0.1, -0.05) is 0 Å². The van der Waals surface area contributed by atoms with Crippen LogP contribution in [-0.4, -0.2) is 22.0 Å². The number of hydrogen-bond acceptors (Lipinski definition) is 3. The average molecular weight is 151 g/mol. The molecule has 0 amide bonds. The Morgan fingerprint density at radius 1 is 1.91 bits per heavy atom. The molecule has 0 saturated heterocycles. The van der Waals surface area contributed by atoms with Crippen molar-refractivity contribution in [3.05, 3.63) is 12.0 Å². The van der Waals surface area contributed by atoms with Gasteiger partial charge >= 0.3 is 0 Å². The third kappa shape index (κ3) is 1.64. The molecule has 11 heavy (non-hydrogen) atoms. The lowest BCUT2D eigenvalue weighted by Crippen LogP contribution is -2.04. The highest BCUT2D eigenvalue weighted by atomic mass is 15.0. The highest BCUT2D eigenvalue weighted by Crippen LogP contribution is 2.09. The van der Waals surface area contributed by atoms with Crippen molar-refractivity contribution in [2.45, 2.75) is 6.92 Å². The van der Waals surface area contributed by atoms with E-state index < -0.39 is 0 Å². The molecular weight excluding hydrogens is 142 g/mol. The summed E-state index contributed by atoms with van der Waals surface area (Å²) in [7, 11) is 0. The molecule has 0 radical (unpaired) electrons. The molecule has 0 spiro atoms. The maximum absolute atomic E-state index is 6.94. The fourth-order valence-electron chi connectivity index (χ4n) is 0.659. The van der Waals surface area contributed by atoms with E-state index in [1.165, 1.54) is 6.33 Å². The summed E-state index contributed by atoms with van der Waals surface area (Å²) < 4.78 is 0. The predicted octanol–water partition coefficient (Wildman–Crippen LogP) is 0.416. The van der Waals surface area contributed by atoms with Crippen LogP contribution in [0.5, 0.6) is 0 Å². The van der Waals surface area contributed by atoms with Gasteiger partial charge in [0.25, 0.3) is 0 Å². The van der Waals surface area contributed by atoms with Crippen LogP contribution in [0.25, 0.3) is 0 Å². The molecule has 5 heteroatoms. The molecule has 58 valence electrons. The molecule has 4 N–H and O–H groups in total. The van der Waals surface area contributed by atoms with Gasteiger partial charge in [0.2, 0.25) is 0 Å². The highest BCUT2D eigenvalue weighted by Gasteiger charge is 1.99. The first-order valence-corrected chi connectivity index (χ1v) is 3.08. The van der Waals surface area contributed by atoms with E-state index in [2.05, 4.69) is 15.0 Å². The summed E-state index contributed by atoms with van der Waals surface area (Å²) in [6.45, 7) is 1.67. The van der Waals surface area contributed by atoms with Crippen LogP contribution in [0, 0.1) is 5.41 Å². The van der Waals surface area contributed by atoms with Crippen LogP contribution in [0.15, 0.2) is 11.3 Å². The Morgan fingerprint density at radius 3 is 3.18 bits per heavy atom. The number of aromatic nitrogens is 2. The zero-order chi connectivity index (χ0) is 8.27. The van der Waals surface area contributed by atoms with Gasteiger partial charge in [-0.2, -0.15) is 0 Å². The van der Waals surface area contributed by atoms with E-state index in [9.17, 15) is 0 Å². The maximum atomic E-state index is 6.94. The minimum atomic E-state index is 0.431. The number of amidine groups is 1. The van der Waals surface area contributed by atoms with E-state index in [1.807, 2.05) is 0 Å². The highest BCUT2D eigenvalue weighted by molar-refractivity contribution is 5.85. The van der Waals surface area contributed by atoms with Crippen molar-refractivity contribution in [2.24, 2.45) is 10.7 Å². The first kappa shape index (κ1) is 7.46. The Morgan fingerprint density at radius 2 is 2.64 bits per heavy atom. The molecule has 5 nitrogen and oxygen atoms in total. The molecule has 0 saturated carbocycles. The molecule has 1 aromatic rings. The number of H-pyrrole nitrogens is 1. The van der Waals surface area contributed by atoms with Gasteiger partial charge in [-0.25, -0.2) is 9.98 Å². The summed E-state index contributed by atoms with van der Waals surface area (Å²) in [6, 6.07) is 0. The number of hydrogen-bond donors (Lipinski definition) is 3. The summed E-state index contributed by atoms with van der Waals surface area (Å²) >= 11 is 0. The molecule has 1 rings (SSSR count). The van der Waals surface area contributed by atoms with Crippen LogP contribution >= 0.6 is 0 Å². The van der Waals surface area contributed by atoms with Crippen LogP contribution in [0.4, 0.5) is 5.82 Å². The van der Waals surface area contributed by atoms with Crippen LogP contribution in [-0.2, 0) is 0 Å². The van der Waals surface area contributed by atoms with Crippen LogP contribution in [0.3, 0.4) is 0 Å². The van der Waals surface area contributed by atoms with Crippen molar-refractivity contribution < 1.29 is 0 Å². The SMILES string of the molecule is CC(N)=Nc1nc[nH]c1C=N. The van der Waals surface area contributed by atoms with E-state index >= 15 is 0 Å². The lowest BCUT2D eigenvalue weighted by Gasteiger charge is -1.89. The van der Waals surface area contributed by atoms with Crippen molar-refractivity contribution in [3.8, 4) is 0 Å². The second kappa shape index (κ2) is 2.96. The Bertz CT molecular complexity index is 281. The minimum absolute atomic E-state index is 0.431. The maximum Gasteiger partial charge on any atom is 0.180 e. The monoisotopic (exact) mass is 151 g/mol. The molecule has 0 aromatic carbocycles. The van der Waals surface area contributed by atoms with Gasteiger partial charge in [-0.05, 0) is 6.92 Å². The summed E-state index contributed by atoms with van der Waals surface area (Å²) in [5, 5.41) is 6.94. The number of imidazole rings is 1. The summed E-state index contributed by atoms with van der Waals surface area (Å²) in [5.41, 5.74) is 5.89. The number of aliphatic imine (C=N–C) groups is 1. The van der Waals surface area contributed by atoms with Gasteiger partial charge in [0.15, 0.2) is 5.82 Å². The molecule has 0 aliphatic carbocycles. The standard InChI is InChI=1S/C6H9N5/c1-4(8)11-6-5(2-7)9-3-10-6/h2-3,7H,1H3,(H2,8,11)(H,9,10). The molecule has 0 unspecified atom stereocenters. The van der Waals surface area contributed by atoms with Crippen molar-refractivity contribution in [1.82, 2.24) is 9.97 Å². The smallest absolute Gasteiger partial charge is 0.180 e. The molecule has 0 atom stereocenters. The fraction of sp³-hybridized carbons (Fsp3) is 0.167. The molecule has 0 fully saturated rings. The summed E-state index contributed by atoms with van der Waals surface area (Å²) in [6.07, 6.45) is 2.62. The number of rotatable bonds is 2. The topological polar surface area (TPSA) is 90.9 Å². The van der Waals surface area contributed by atoms with Crippen LogP contribution < -0.4 is 5.73 Å². The first-order chi connectivity index (χ1) is 5.24. The van der Waals surface area contributed by atoms with E-state index in [0.717, 1.165) is 6.21 Å². The molecule has 0 bridgehead atoms. The largest absolute Gasteiger partial charge is 0.387 e. The lowest BCUT2D eigenvalue weighted by molar-refractivity contribution is 1.29. The van der Waals surface area contributed by atoms with E-state index in [1.54, 1.807) is 6.92 Å². The first-order valence-electron chi connectivity index (χ1n) is 3.08. The van der Waals surface area contributed by atoms with Gasteiger partial charge in [0.05, 0.1) is 12.2 Å². The van der Waals surface area contributed by atoms with Gasteiger partial charge in [0, 0.05) is 6.21 Å². The van der Waals surface area contributed by atoms with Gasteiger partial charge in [-0.15, -0.1) is 0 Å². The number of aromatic amines is 1. The number of nitrogens with two attached hydrogens (primary N) is 1. The zero-order valence-corrected chi connectivity index (χ0v) is 6.13. The molecule has 0 aliphatic rings. The summed E-state index contributed by atoms with van der Waals surface area (Å²) in [4.78, 5) is 10.5. The van der Waals surface area contributed by atoms with Gasteiger partial charge in [0.1, 0.15) is 5.69 Å². The second-order valence-corrected chi connectivity index (χ2v) is 2.04. The van der Waals surface area contributed by atoms with E-state index in [-0.39, 0.29) is 0 Å². The Kier molecular flexibility index (Phi) is 2.00. The number of nitrogens with zero attached hydrogens (tertiary/aromatic N) is 2. The van der Waals surface area contributed by atoms with Crippen LogP contribution in [0.1, 0.15) is 12.6 Å². The Balaban J connectivity index is 3.03. The lowest BCUT2D eigenvalue weighted by atomic mass is 10.5. The van der Waals surface area contributed by atoms with E-state index in [0.29, 0.717) is 17.3 Å². The second-order valence-electron chi connectivity index (χ2n) is 2.04. The fourth-order valence-corrected chi connectivity index (χ4v) is 0.659. The molecule has 0 aliphatic heterocycles. The quantitative estimate of drug-likeness (QED) is 0.422. The van der Waals surface area contributed by atoms with E-state index in [4.69, 9.17) is 11.1 Å². The Hall–Kier alpha value is -1.65. The molecule has 1 heterocycles. The van der Waals surface area contributed by atoms with Gasteiger partial charge < -0.3 is 16.1 Å². The third-order valence-electron chi connectivity index (χ3n) is 1.07. The minimum Gasteiger partial charge on any atom is -0.387 e. The third-order valence-corrected chi connectivity index (χ3v) is 1.07. The number of nitrogens with one attached hydrogen (secondary N) is 2. The van der Waals surface area contributed by atoms with Crippen molar-refractivity contribution in [3.63, 3.8) is 0 Å². The molecule has 1 aromatic heterocycles. The predicted molar refractivity (Wildman–Crippen MR) is 43.4 cm³/mol. The molecular formula is C6H9N5. The normalized spacial score (nSPS) is 11.5. The zero-order valence-electron chi connectivity index (χ0n) is 6.13. The summed E-state index contributed by atoms with van der Waals surface area (Å²) in [5.74, 6) is 0.889.